The zero-order chi connectivity index (χ0) is 19.7. The summed E-state index contributed by atoms with van der Waals surface area (Å²) in [5.41, 5.74) is 1.09. The molecule has 2 aliphatic carbocycles. The lowest BCUT2D eigenvalue weighted by atomic mass is 9.88. The molecule has 7 nitrogen and oxygen atoms in total. The van der Waals surface area contributed by atoms with E-state index in [9.17, 15) is 9.90 Å². The standard InChI is InChI=1S/C20H21N5O2S/c1-4-9-24-17(26)13-11-21-18(28-3)23-16(13)25(24)14-6-5-12-10-20(7-8-20)19(2,27)15(12)22-14/h4-6,11,27H,1,7-10H2,2-3H3. The van der Waals surface area contributed by atoms with Gasteiger partial charge in [0.1, 0.15) is 11.0 Å². The molecule has 0 amide bonds. The van der Waals surface area contributed by atoms with E-state index in [0.29, 0.717) is 34.2 Å². The molecule has 8 heteroatoms. The molecule has 1 saturated carbocycles. The van der Waals surface area contributed by atoms with Gasteiger partial charge in [0.2, 0.25) is 0 Å². The van der Waals surface area contributed by atoms with Crippen molar-refractivity contribution in [3.05, 3.63) is 52.6 Å². The second-order valence-electron chi connectivity index (χ2n) is 7.79. The summed E-state index contributed by atoms with van der Waals surface area (Å²) in [5.74, 6) is 0.566. The van der Waals surface area contributed by atoms with E-state index in [1.807, 2.05) is 25.3 Å². The molecule has 1 N–H and O–H groups in total. The molecule has 2 aliphatic rings. The number of aromatic nitrogens is 5. The van der Waals surface area contributed by atoms with Crippen LogP contribution in [-0.2, 0) is 18.6 Å². The van der Waals surface area contributed by atoms with Gasteiger partial charge in [0.25, 0.3) is 5.56 Å². The topological polar surface area (TPSA) is 85.8 Å². The first-order chi connectivity index (χ1) is 13.4. The molecule has 3 aromatic heterocycles. The maximum atomic E-state index is 12.9. The predicted molar refractivity (Wildman–Crippen MR) is 108 cm³/mol. The number of hydrogen-bond donors (Lipinski definition) is 1. The summed E-state index contributed by atoms with van der Waals surface area (Å²) < 4.78 is 3.27. The summed E-state index contributed by atoms with van der Waals surface area (Å²) in [6, 6.07) is 3.92. The van der Waals surface area contributed by atoms with Gasteiger partial charge in [0, 0.05) is 11.6 Å². The molecule has 0 saturated heterocycles. The summed E-state index contributed by atoms with van der Waals surface area (Å²) in [6.45, 7) is 5.95. The highest BCUT2D eigenvalue weighted by molar-refractivity contribution is 7.98. The van der Waals surface area contributed by atoms with Crippen LogP contribution in [0.15, 0.2) is 40.9 Å². The van der Waals surface area contributed by atoms with Gasteiger partial charge in [-0.25, -0.2) is 24.3 Å². The number of allylic oxidation sites excluding steroid dienone is 1. The molecule has 144 valence electrons. The molecular formula is C20H21N5O2S. The minimum atomic E-state index is -0.954. The molecule has 0 aliphatic heterocycles. The fourth-order valence-corrected chi connectivity index (χ4v) is 4.73. The van der Waals surface area contributed by atoms with Crippen molar-refractivity contribution in [2.45, 2.75) is 43.5 Å². The van der Waals surface area contributed by atoms with Crippen LogP contribution in [0, 0.1) is 5.41 Å². The van der Waals surface area contributed by atoms with Gasteiger partial charge in [-0.05, 0) is 44.1 Å². The molecule has 1 fully saturated rings. The number of pyridine rings is 1. The lowest BCUT2D eigenvalue weighted by molar-refractivity contribution is -0.0102. The molecule has 0 bridgehead atoms. The molecule has 5 rings (SSSR count). The Hall–Kier alpha value is -2.45. The first-order valence-electron chi connectivity index (χ1n) is 9.28. The third-order valence-electron chi connectivity index (χ3n) is 6.20. The zero-order valence-corrected chi connectivity index (χ0v) is 16.7. The van der Waals surface area contributed by atoms with E-state index >= 15 is 0 Å². The van der Waals surface area contributed by atoms with Gasteiger partial charge < -0.3 is 5.11 Å². The van der Waals surface area contributed by atoms with Crippen LogP contribution in [0.25, 0.3) is 16.9 Å². The maximum absolute atomic E-state index is 12.9. The summed E-state index contributed by atoms with van der Waals surface area (Å²) >= 11 is 1.42. The number of nitrogens with zero attached hydrogens (tertiary/aromatic N) is 5. The molecule has 28 heavy (non-hydrogen) atoms. The van der Waals surface area contributed by atoms with E-state index in [4.69, 9.17) is 4.98 Å². The van der Waals surface area contributed by atoms with Crippen LogP contribution >= 0.6 is 11.8 Å². The van der Waals surface area contributed by atoms with Gasteiger partial charge in [0.15, 0.2) is 16.6 Å². The largest absolute Gasteiger partial charge is 0.383 e. The molecule has 3 aromatic rings. The second-order valence-corrected chi connectivity index (χ2v) is 8.56. The Balaban J connectivity index is 1.77. The molecule has 1 unspecified atom stereocenters. The van der Waals surface area contributed by atoms with Gasteiger partial charge in [-0.2, -0.15) is 0 Å². The van der Waals surface area contributed by atoms with Gasteiger partial charge >= 0.3 is 0 Å². The van der Waals surface area contributed by atoms with Crippen molar-refractivity contribution >= 4 is 22.8 Å². The van der Waals surface area contributed by atoms with Gasteiger partial charge in [-0.1, -0.05) is 23.9 Å². The van der Waals surface area contributed by atoms with Crippen LogP contribution < -0.4 is 5.56 Å². The van der Waals surface area contributed by atoms with Gasteiger partial charge in [-0.3, -0.25) is 4.79 Å². The summed E-state index contributed by atoms with van der Waals surface area (Å²) in [6.07, 6.45) is 8.02. The number of fused-ring (bicyclic) bond motifs is 2. The summed E-state index contributed by atoms with van der Waals surface area (Å²) in [5, 5.41) is 12.2. The van der Waals surface area contributed by atoms with Gasteiger partial charge in [-0.15, -0.1) is 6.58 Å². The van der Waals surface area contributed by atoms with Crippen molar-refractivity contribution in [3.63, 3.8) is 0 Å². The van der Waals surface area contributed by atoms with Gasteiger partial charge in [0.05, 0.1) is 12.2 Å². The summed E-state index contributed by atoms with van der Waals surface area (Å²) in [7, 11) is 0. The Bertz CT molecular complexity index is 1190. The second kappa shape index (κ2) is 5.78. The SMILES string of the molecule is C=CCn1c(=O)c2cnc(SC)nc2n1-c1ccc2c(n1)C(C)(O)C1(CC1)C2. The molecular weight excluding hydrogens is 374 g/mol. The lowest BCUT2D eigenvalue weighted by Crippen LogP contribution is -2.30. The van der Waals surface area contributed by atoms with Crippen LogP contribution in [0.4, 0.5) is 0 Å². The molecule has 3 heterocycles. The Kier molecular flexibility index (Phi) is 3.64. The number of aliphatic hydroxyl groups is 1. The highest BCUT2D eigenvalue weighted by Crippen LogP contribution is 2.64. The first-order valence-corrected chi connectivity index (χ1v) is 10.5. The van der Waals surface area contributed by atoms with E-state index in [-0.39, 0.29) is 11.0 Å². The molecule has 0 radical (unpaired) electrons. The number of hydrogen-bond acceptors (Lipinski definition) is 6. The predicted octanol–water partition coefficient (Wildman–Crippen LogP) is 2.43. The summed E-state index contributed by atoms with van der Waals surface area (Å²) in [4.78, 5) is 26.5. The van der Waals surface area contributed by atoms with Crippen molar-refractivity contribution in [1.82, 2.24) is 24.3 Å². The Labute approximate surface area is 166 Å². The average molecular weight is 395 g/mol. The van der Waals surface area contributed by atoms with Crippen molar-refractivity contribution in [2.24, 2.45) is 5.41 Å². The fourth-order valence-electron chi connectivity index (χ4n) is 4.39. The fraction of sp³-hybridized carbons (Fsp3) is 0.400. The minimum Gasteiger partial charge on any atom is -0.383 e. The van der Waals surface area contributed by atoms with E-state index in [1.165, 1.54) is 11.8 Å². The van der Waals surface area contributed by atoms with Crippen LogP contribution in [0.5, 0.6) is 0 Å². The first kappa shape index (κ1) is 17.6. The minimum absolute atomic E-state index is 0.0747. The van der Waals surface area contributed by atoms with Crippen LogP contribution in [0.1, 0.15) is 31.0 Å². The highest BCUT2D eigenvalue weighted by atomic mass is 32.2. The molecule has 1 spiro atoms. The van der Waals surface area contributed by atoms with E-state index in [1.54, 1.807) is 21.6 Å². The Morgan fingerprint density at radius 2 is 2.14 bits per heavy atom. The smallest absolute Gasteiger partial charge is 0.278 e. The van der Waals surface area contributed by atoms with Crippen molar-refractivity contribution in [2.75, 3.05) is 6.26 Å². The van der Waals surface area contributed by atoms with E-state index < -0.39 is 5.60 Å². The maximum Gasteiger partial charge on any atom is 0.278 e. The van der Waals surface area contributed by atoms with Crippen LogP contribution in [-0.4, -0.2) is 35.7 Å². The van der Waals surface area contributed by atoms with Crippen molar-refractivity contribution < 1.29 is 5.11 Å². The third-order valence-corrected chi connectivity index (χ3v) is 6.76. The lowest BCUT2D eigenvalue weighted by Gasteiger charge is -2.25. The van der Waals surface area contributed by atoms with Crippen molar-refractivity contribution in [1.29, 1.82) is 0 Å². The number of thioether (sulfide) groups is 1. The quantitative estimate of drug-likeness (QED) is 0.415. The van der Waals surface area contributed by atoms with E-state index in [2.05, 4.69) is 16.5 Å². The normalized spacial score (nSPS) is 22.0. The average Bonchev–Trinajstić information content (AvgIpc) is 3.39. The van der Waals surface area contributed by atoms with E-state index in [0.717, 1.165) is 24.8 Å². The van der Waals surface area contributed by atoms with Crippen LogP contribution in [0.2, 0.25) is 0 Å². The highest BCUT2D eigenvalue weighted by Gasteiger charge is 2.62. The number of rotatable bonds is 4. The monoisotopic (exact) mass is 395 g/mol. The third kappa shape index (κ3) is 2.21. The Morgan fingerprint density at radius 1 is 1.36 bits per heavy atom. The zero-order valence-electron chi connectivity index (χ0n) is 15.8. The Morgan fingerprint density at radius 3 is 2.82 bits per heavy atom. The molecule has 0 aromatic carbocycles. The molecule has 1 atom stereocenters. The van der Waals surface area contributed by atoms with Crippen molar-refractivity contribution in [3.8, 4) is 5.82 Å². The van der Waals surface area contributed by atoms with Crippen LogP contribution in [0.3, 0.4) is 0 Å².